The van der Waals surface area contributed by atoms with E-state index >= 15 is 0 Å². The zero-order valence-corrected chi connectivity index (χ0v) is 10.4. The lowest BCUT2D eigenvalue weighted by Crippen LogP contribution is -2.03. The first-order valence-corrected chi connectivity index (χ1v) is 6.26. The summed E-state index contributed by atoms with van der Waals surface area (Å²) < 4.78 is 0. The number of aliphatic hydroxyl groups is 1. The summed E-state index contributed by atoms with van der Waals surface area (Å²) >= 11 is 0. The van der Waals surface area contributed by atoms with Gasteiger partial charge in [-0.1, -0.05) is 42.5 Å². The van der Waals surface area contributed by atoms with Gasteiger partial charge in [-0.2, -0.15) is 10.2 Å². The van der Waals surface area contributed by atoms with E-state index in [1.54, 1.807) is 18.5 Å². The van der Waals surface area contributed by atoms with Gasteiger partial charge < -0.3 is 5.11 Å². The summed E-state index contributed by atoms with van der Waals surface area (Å²) in [7, 11) is 0. The molecule has 3 rings (SSSR count). The van der Waals surface area contributed by atoms with Gasteiger partial charge in [0.2, 0.25) is 0 Å². The normalized spacial score (nSPS) is 12.5. The zero-order valence-electron chi connectivity index (χ0n) is 10.4. The van der Waals surface area contributed by atoms with Crippen LogP contribution < -0.4 is 0 Å². The average Bonchev–Trinajstić information content (AvgIpc) is 2.48. The van der Waals surface area contributed by atoms with E-state index in [4.69, 9.17) is 0 Å². The van der Waals surface area contributed by atoms with Crippen molar-refractivity contribution >= 4 is 10.8 Å². The third-order valence-electron chi connectivity index (χ3n) is 3.29. The number of rotatable bonds is 3. The van der Waals surface area contributed by atoms with Crippen LogP contribution in [-0.4, -0.2) is 15.3 Å². The third kappa shape index (κ3) is 2.46. The van der Waals surface area contributed by atoms with E-state index in [1.807, 2.05) is 18.2 Å². The molecule has 1 aromatic heterocycles. The Morgan fingerprint density at radius 1 is 0.947 bits per heavy atom. The molecule has 94 valence electrons. The molecule has 0 aliphatic heterocycles. The summed E-state index contributed by atoms with van der Waals surface area (Å²) in [5.74, 6) is 0. The number of hydrogen-bond acceptors (Lipinski definition) is 3. The highest BCUT2D eigenvalue weighted by molar-refractivity contribution is 5.85. The highest BCUT2D eigenvalue weighted by atomic mass is 16.3. The number of aromatic nitrogens is 2. The molecule has 0 aliphatic carbocycles. The first-order valence-electron chi connectivity index (χ1n) is 6.26. The monoisotopic (exact) mass is 250 g/mol. The van der Waals surface area contributed by atoms with E-state index in [0.29, 0.717) is 6.42 Å². The Morgan fingerprint density at radius 2 is 1.79 bits per heavy atom. The van der Waals surface area contributed by atoms with Crippen LogP contribution in [0.4, 0.5) is 0 Å². The molecule has 0 radical (unpaired) electrons. The lowest BCUT2D eigenvalue weighted by atomic mass is 9.97. The van der Waals surface area contributed by atoms with E-state index < -0.39 is 6.10 Å². The minimum atomic E-state index is -0.554. The van der Waals surface area contributed by atoms with Crippen LogP contribution in [0.15, 0.2) is 60.9 Å². The lowest BCUT2D eigenvalue weighted by molar-refractivity contribution is 0.178. The predicted molar refractivity (Wildman–Crippen MR) is 74.6 cm³/mol. The van der Waals surface area contributed by atoms with Gasteiger partial charge in [-0.25, -0.2) is 0 Å². The number of aliphatic hydroxyl groups excluding tert-OH is 1. The minimum Gasteiger partial charge on any atom is -0.388 e. The van der Waals surface area contributed by atoms with Crippen molar-refractivity contribution in [2.75, 3.05) is 0 Å². The van der Waals surface area contributed by atoms with Crippen LogP contribution in [0.3, 0.4) is 0 Å². The maximum Gasteiger partial charge on any atom is 0.0846 e. The maximum absolute atomic E-state index is 10.3. The second-order valence-electron chi connectivity index (χ2n) is 4.53. The number of hydrogen-bond donors (Lipinski definition) is 1. The van der Waals surface area contributed by atoms with Crippen LogP contribution >= 0.6 is 0 Å². The van der Waals surface area contributed by atoms with Gasteiger partial charge in [0.1, 0.15) is 0 Å². The van der Waals surface area contributed by atoms with E-state index in [9.17, 15) is 5.11 Å². The third-order valence-corrected chi connectivity index (χ3v) is 3.29. The van der Waals surface area contributed by atoms with E-state index in [-0.39, 0.29) is 0 Å². The second-order valence-corrected chi connectivity index (χ2v) is 4.53. The average molecular weight is 250 g/mol. The topological polar surface area (TPSA) is 46.0 Å². The van der Waals surface area contributed by atoms with Crippen LogP contribution in [0.25, 0.3) is 10.8 Å². The summed E-state index contributed by atoms with van der Waals surface area (Å²) in [6.07, 6.45) is 3.23. The van der Waals surface area contributed by atoms with E-state index in [1.165, 1.54) is 10.8 Å². The van der Waals surface area contributed by atoms with Crippen molar-refractivity contribution < 1.29 is 5.11 Å². The standard InChI is InChI=1S/C16H14N2O/c19-16(14-8-9-17-18-11-14)10-13-6-3-5-12-4-1-2-7-15(12)13/h1-9,11,16,19H,10H2. The molecule has 0 aliphatic rings. The molecule has 0 saturated carbocycles. The Morgan fingerprint density at radius 3 is 2.63 bits per heavy atom. The van der Waals surface area contributed by atoms with Crippen LogP contribution in [0.1, 0.15) is 17.2 Å². The van der Waals surface area contributed by atoms with Gasteiger partial charge >= 0.3 is 0 Å². The fourth-order valence-corrected chi connectivity index (χ4v) is 2.29. The highest BCUT2D eigenvalue weighted by Crippen LogP contribution is 2.23. The zero-order chi connectivity index (χ0) is 13.1. The fraction of sp³-hybridized carbons (Fsp3) is 0.125. The minimum absolute atomic E-state index is 0.554. The molecule has 1 N–H and O–H groups in total. The predicted octanol–water partition coefficient (Wildman–Crippen LogP) is 2.91. The smallest absolute Gasteiger partial charge is 0.0846 e. The SMILES string of the molecule is OC(Cc1cccc2ccccc12)c1ccnnc1. The number of benzene rings is 2. The van der Waals surface area contributed by atoms with Gasteiger partial charge in [0.25, 0.3) is 0 Å². The van der Waals surface area contributed by atoms with Crippen molar-refractivity contribution in [2.24, 2.45) is 0 Å². The fourth-order valence-electron chi connectivity index (χ4n) is 2.29. The van der Waals surface area contributed by atoms with Gasteiger partial charge in [0.15, 0.2) is 0 Å². The molecule has 0 bridgehead atoms. The number of nitrogens with zero attached hydrogens (tertiary/aromatic N) is 2. The molecule has 0 spiro atoms. The Hall–Kier alpha value is -2.26. The molecule has 0 saturated heterocycles. The molecule has 1 unspecified atom stereocenters. The molecule has 2 aromatic carbocycles. The summed E-state index contributed by atoms with van der Waals surface area (Å²) in [4.78, 5) is 0. The first kappa shape index (κ1) is 11.8. The molecule has 19 heavy (non-hydrogen) atoms. The van der Waals surface area contributed by atoms with Crippen molar-refractivity contribution in [2.45, 2.75) is 12.5 Å². The Bertz CT molecular complexity index is 677. The Labute approximate surface area is 111 Å². The number of fused-ring (bicyclic) bond motifs is 1. The van der Waals surface area contributed by atoms with Crippen molar-refractivity contribution in [1.82, 2.24) is 10.2 Å². The molecular weight excluding hydrogens is 236 g/mol. The summed E-state index contributed by atoms with van der Waals surface area (Å²) in [5, 5.41) is 20.2. The summed E-state index contributed by atoms with van der Waals surface area (Å²) in [5.41, 5.74) is 1.94. The van der Waals surface area contributed by atoms with Crippen LogP contribution in [-0.2, 0) is 6.42 Å². The molecule has 0 fully saturated rings. The van der Waals surface area contributed by atoms with Gasteiger partial charge in [0.05, 0.1) is 12.3 Å². The summed E-state index contributed by atoms with van der Waals surface area (Å²) in [6.45, 7) is 0. The molecular formula is C16H14N2O. The van der Waals surface area contributed by atoms with Crippen molar-refractivity contribution in [3.63, 3.8) is 0 Å². The quantitative estimate of drug-likeness (QED) is 0.777. The molecule has 0 amide bonds. The van der Waals surface area contributed by atoms with Gasteiger partial charge in [-0.3, -0.25) is 0 Å². The first-order chi connectivity index (χ1) is 9.34. The summed E-state index contributed by atoms with van der Waals surface area (Å²) in [6, 6.07) is 16.2. The van der Waals surface area contributed by atoms with E-state index in [2.05, 4.69) is 34.5 Å². The van der Waals surface area contributed by atoms with Crippen molar-refractivity contribution in [3.8, 4) is 0 Å². The van der Waals surface area contributed by atoms with E-state index in [0.717, 1.165) is 11.1 Å². The van der Waals surface area contributed by atoms with Gasteiger partial charge in [0, 0.05) is 18.2 Å². The highest BCUT2D eigenvalue weighted by Gasteiger charge is 2.10. The second kappa shape index (κ2) is 5.16. The molecule has 1 heterocycles. The maximum atomic E-state index is 10.3. The molecule has 3 nitrogen and oxygen atoms in total. The van der Waals surface area contributed by atoms with Crippen molar-refractivity contribution in [3.05, 3.63) is 72.1 Å². The molecule has 1 atom stereocenters. The van der Waals surface area contributed by atoms with Crippen molar-refractivity contribution in [1.29, 1.82) is 0 Å². The molecule has 3 heteroatoms. The Balaban J connectivity index is 1.94. The lowest BCUT2D eigenvalue weighted by Gasteiger charge is -2.12. The van der Waals surface area contributed by atoms with Gasteiger partial charge in [-0.15, -0.1) is 0 Å². The van der Waals surface area contributed by atoms with Crippen LogP contribution in [0.2, 0.25) is 0 Å². The largest absolute Gasteiger partial charge is 0.388 e. The molecule has 3 aromatic rings. The van der Waals surface area contributed by atoms with Crippen LogP contribution in [0.5, 0.6) is 0 Å². The van der Waals surface area contributed by atoms with Gasteiger partial charge in [-0.05, 0) is 22.4 Å². The Kier molecular flexibility index (Phi) is 3.21. The van der Waals surface area contributed by atoms with Crippen LogP contribution in [0, 0.1) is 0 Å².